The lowest BCUT2D eigenvalue weighted by Crippen LogP contribution is -2.27. The van der Waals surface area contributed by atoms with Crippen molar-refractivity contribution in [2.45, 2.75) is 24.7 Å². The van der Waals surface area contributed by atoms with Crippen LogP contribution in [0.5, 0.6) is 11.5 Å². The van der Waals surface area contributed by atoms with Gasteiger partial charge in [0.1, 0.15) is 5.76 Å². The summed E-state index contributed by atoms with van der Waals surface area (Å²) in [7, 11) is 0. The third-order valence-electron chi connectivity index (χ3n) is 5.15. The predicted octanol–water partition coefficient (Wildman–Crippen LogP) is 4.32. The molecule has 0 radical (unpaired) electrons. The zero-order chi connectivity index (χ0) is 19.1. The number of amides is 1. The average molecular weight is 397 g/mol. The van der Waals surface area contributed by atoms with E-state index in [0.29, 0.717) is 28.7 Å². The Morgan fingerprint density at radius 2 is 2.00 bits per heavy atom. The molecule has 0 unspecified atom stereocenters. The van der Waals surface area contributed by atoms with E-state index in [1.807, 2.05) is 42.5 Å². The van der Waals surface area contributed by atoms with Crippen LogP contribution in [0.3, 0.4) is 0 Å². The second kappa shape index (κ2) is 6.56. The molecule has 3 aromatic rings. The number of halogens is 1. The quantitative estimate of drug-likeness (QED) is 0.695. The molecular weight excluding hydrogens is 380 g/mol. The van der Waals surface area contributed by atoms with E-state index in [4.69, 9.17) is 25.5 Å². The molecule has 1 aliphatic carbocycles. The van der Waals surface area contributed by atoms with Crippen molar-refractivity contribution in [2.24, 2.45) is 0 Å². The number of rotatable bonds is 5. The van der Waals surface area contributed by atoms with Gasteiger partial charge >= 0.3 is 6.01 Å². The molecule has 142 valence electrons. The van der Waals surface area contributed by atoms with Crippen LogP contribution in [0.2, 0.25) is 5.02 Å². The Hall–Kier alpha value is -2.99. The molecule has 7 heteroatoms. The van der Waals surface area contributed by atoms with Crippen LogP contribution in [-0.2, 0) is 16.6 Å². The molecule has 1 saturated carbocycles. The second-order valence-corrected chi connectivity index (χ2v) is 7.48. The maximum absolute atomic E-state index is 12.9. The summed E-state index contributed by atoms with van der Waals surface area (Å²) in [6.07, 6.45) is 3.72. The molecule has 1 aromatic heterocycles. The van der Waals surface area contributed by atoms with Crippen molar-refractivity contribution in [1.82, 2.24) is 4.98 Å². The van der Waals surface area contributed by atoms with E-state index in [2.05, 4.69) is 10.3 Å². The molecular formula is C21H17ClN2O4. The van der Waals surface area contributed by atoms with Crippen molar-refractivity contribution in [1.29, 1.82) is 0 Å². The highest BCUT2D eigenvalue weighted by atomic mass is 35.5. The molecule has 1 N–H and O–H groups in total. The maximum atomic E-state index is 12.9. The molecule has 1 aliphatic heterocycles. The Bertz CT molecular complexity index is 1060. The van der Waals surface area contributed by atoms with Crippen LogP contribution in [0.25, 0.3) is 0 Å². The number of oxazole rings is 1. The number of aromatic nitrogens is 1. The first kappa shape index (κ1) is 17.1. The molecule has 6 nitrogen and oxygen atoms in total. The fourth-order valence-electron chi connectivity index (χ4n) is 3.48. The molecule has 0 atom stereocenters. The number of hydrogen-bond donors (Lipinski definition) is 1. The molecule has 2 aliphatic rings. The van der Waals surface area contributed by atoms with Crippen molar-refractivity contribution in [3.8, 4) is 11.5 Å². The molecule has 1 amide bonds. The van der Waals surface area contributed by atoms with Crippen molar-refractivity contribution in [3.63, 3.8) is 0 Å². The van der Waals surface area contributed by atoms with Gasteiger partial charge in [-0.25, -0.2) is 4.98 Å². The molecule has 0 bridgehead atoms. The molecule has 1 fully saturated rings. The molecule has 0 spiro atoms. The number of carbonyl (C=O) groups excluding carboxylic acids is 1. The van der Waals surface area contributed by atoms with Gasteiger partial charge in [0.15, 0.2) is 11.5 Å². The summed E-state index contributed by atoms with van der Waals surface area (Å²) in [5, 5.41) is 3.48. The van der Waals surface area contributed by atoms with Gasteiger partial charge in [0.05, 0.1) is 11.6 Å². The van der Waals surface area contributed by atoms with E-state index in [1.54, 1.807) is 6.20 Å². The van der Waals surface area contributed by atoms with E-state index in [0.717, 1.165) is 24.0 Å². The zero-order valence-electron chi connectivity index (χ0n) is 14.9. The van der Waals surface area contributed by atoms with Crippen LogP contribution in [0.1, 0.15) is 29.7 Å². The highest BCUT2D eigenvalue weighted by Crippen LogP contribution is 2.51. The Balaban J connectivity index is 1.30. The van der Waals surface area contributed by atoms with E-state index in [1.165, 1.54) is 0 Å². The number of carbonyl (C=O) groups is 1. The second-order valence-electron chi connectivity index (χ2n) is 7.04. The largest absolute Gasteiger partial charge is 0.454 e. The first-order valence-corrected chi connectivity index (χ1v) is 9.41. The number of benzene rings is 2. The first-order chi connectivity index (χ1) is 13.6. The van der Waals surface area contributed by atoms with Crippen LogP contribution in [0, 0.1) is 0 Å². The van der Waals surface area contributed by atoms with Crippen LogP contribution in [0.15, 0.2) is 53.1 Å². The molecule has 2 heterocycles. The summed E-state index contributed by atoms with van der Waals surface area (Å²) in [6.45, 7) is 0.212. The van der Waals surface area contributed by atoms with Gasteiger partial charge in [-0.2, -0.15) is 0 Å². The van der Waals surface area contributed by atoms with Crippen LogP contribution in [-0.4, -0.2) is 17.7 Å². The smallest absolute Gasteiger partial charge is 0.301 e. The third kappa shape index (κ3) is 3.10. The van der Waals surface area contributed by atoms with Gasteiger partial charge in [-0.1, -0.05) is 29.8 Å². The first-order valence-electron chi connectivity index (χ1n) is 9.03. The monoisotopic (exact) mass is 396 g/mol. The van der Waals surface area contributed by atoms with E-state index in [9.17, 15) is 4.79 Å². The average Bonchev–Trinajstić information content (AvgIpc) is 3.17. The van der Waals surface area contributed by atoms with Crippen molar-refractivity contribution < 1.29 is 18.7 Å². The minimum Gasteiger partial charge on any atom is -0.454 e. The van der Waals surface area contributed by atoms with Gasteiger partial charge < -0.3 is 13.9 Å². The minimum absolute atomic E-state index is 0.123. The summed E-state index contributed by atoms with van der Waals surface area (Å²) in [5.74, 6) is 1.92. The van der Waals surface area contributed by atoms with Gasteiger partial charge in [-0.15, -0.1) is 0 Å². The van der Waals surface area contributed by atoms with E-state index < -0.39 is 5.41 Å². The van der Waals surface area contributed by atoms with Crippen molar-refractivity contribution in [3.05, 3.63) is 70.6 Å². The molecule has 5 rings (SSSR count). The summed E-state index contributed by atoms with van der Waals surface area (Å²) in [4.78, 5) is 17.1. The highest BCUT2D eigenvalue weighted by molar-refractivity contribution is 6.30. The maximum Gasteiger partial charge on any atom is 0.301 e. The standard InChI is InChI=1S/C21H17ClN2O4/c22-15-3-1-2-13(8-15)9-16-11-23-20(28-16)24-19(25)21(6-7-21)14-4-5-17-18(10-14)27-12-26-17/h1-5,8,10-11H,6-7,9,12H2,(H,23,24,25). The van der Waals surface area contributed by atoms with E-state index in [-0.39, 0.29) is 18.7 Å². The van der Waals surface area contributed by atoms with Gasteiger partial charge in [-0.3, -0.25) is 10.1 Å². The summed E-state index contributed by atoms with van der Waals surface area (Å²) < 4.78 is 16.5. The van der Waals surface area contributed by atoms with Crippen molar-refractivity contribution in [2.75, 3.05) is 12.1 Å². The minimum atomic E-state index is -0.567. The Labute approximate surface area is 166 Å². The third-order valence-corrected chi connectivity index (χ3v) is 5.39. The fraction of sp³-hybridized carbons (Fsp3) is 0.238. The molecule has 0 saturated heterocycles. The number of nitrogens with zero attached hydrogens (tertiary/aromatic N) is 1. The fourth-order valence-corrected chi connectivity index (χ4v) is 3.69. The van der Waals surface area contributed by atoms with Gasteiger partial charge in [0.25, 0.3) is 0 Å². The number of hydrogen-bond acceptors (Lipinski definition) is 5. The Morgan fingerprint density at radius 1 is 1.14 bits per heavy atom. The summed E-state index contributed by atoms with van der Waals surface area (Å²) in [6, 6.07) is 13.4. The zero-order valence-corrected chi connectivity index (χ0v) is 15.7. The molecule has 2 aromatic carbocycles. The van der Waals surface area contributed by atoms with Gasteiger partial charge in [0, 0.05) is 11.4 Å². The Morgan fingerprint density at radius 3 is 2.82 bits per heavy atom. The lowest BCUT2D eigenvalue weighted by Gasteiger charge is -2.14. The number of anilines is 1. The Kier molecular flexibility index (Phi) is 4.02. The van der Waals surface area contributed by atoms with Gasteiger partial charge in [-0.05, 0) is 48.2 Å². The highest BCUT2D eigenvalue weighted by Gasteiger charge is 2.52. The van der Waals surface area contributed by atoms with E-state index >= 15 is 0 Å². The van der Waals surface area contributed by atoms with Crippen molar-refractivity contribution >= 4 is 23.5 Å². The van der Waals surface area contributed by atoms with Crippen LogP contribution < -0.4 is 14.8 Å². The van der Waals surface area contributed by atoms with Crippen LogP contribution >= 0.6 is 11.6 Å². The van der Waals surface area contributed by atoms with Gasteiger partial charge in [0.2, 0.25) is 12.7 Å². The summed E-state index contributed by atoms with van der Waals surface area (Å²) >= 11 is 6.02. The topological polar surface area (TPSA) is 73.6 Å². The normalized spacial score (nSPS) is 16.0. The number of ether oxygens (including phenoxy) is 2. The van der Waals surface area contributed by atoms with Crippen LogP contribution in [0.4, 0.5) is 6.01 Å². The predicted molar refractivity (Wildman–Crippen MR) is 103 cm³/mol. The number of fused-ring (bicyclic) bond motifs is 1. The summed E-state index contributed by atoms with van der Waals surface area (Å²) in [5.41, 5.74) is 1.36. The SMILES string of the molecule is O=C(Nc1ncc(Cc2cccc(Cl)c2)o1)C1(c2ccc3c(c2)OCO3)CC1. The lowest BCUT2D eigenvalue weighted by atomic mass is 9.94. The lowest BCUT2D eigenvalue weighted by molar-refractivity contribution is -0.118. The number of nitrogens with one attached hydrogen (secondary N) is 1. The molecule has 28 heavy (non-hydrogen) atoms.